The SMILES string of the molecule is COCCN(CCC#N)c1ncnc2c(C)csc12. The quantitative estimate of drug-likeness (QED) is 0.810. The highest BCUT2D eigenvalue weighted by Gasteiger charge is 2.14. The number of anilines is 1. The minimum Gasteiger partial charge on any atom is -0.383 e. The number of thiophene rings is 1. The lowest BCUT2D eigenvalue weighted by molar-refractivity contribution is 0.205. The topological polar surface area (TPSA) is 62.0 Å². The number of hydrogen-bond acceptors (Lipinski definition) is 6. The summed E-state index contributed by atoms with van der Waals surface area (Å²) < 4.78 is 6.20. The summed E-state index contributed by atoms with van der Waals surface area (Å²) in [5, 5.41) is 10.9. The van der Waals surface area contributed by atoms with Crippen LogP contribution in [0, 0.1) is 18.3 Å². The van der Waals surface area contributed by atoms with Crippen LogP contribution in [0.15, 0.2) is 11.7 Å². The third-order valence-electron chi connectivity index (χ3n) is 2.87. The molecular formula is C13H16N4OS. The Morgan fingerprint density at radius 1 is 1.42 bits per heavy atom. The maximum Gasteiger partial charge on any atom is 0.150 e. The van der Waals surface area contributed by atoms with E-state index in [0.29, 0.717) is 19.6 Å². The van der Waals surface area contributed by atoms with Crippen molar-refractivity contribution in [3.05, 3.63) is 17.3 Å². The van der Waals surface area contributed by atoms with Crippen LogP contribution in [0.25, 0.3) is 10.2 Å². The first-order valence-electron chi connectivity index (χ1n) is 6.07. The Bertz CT molecular complexity index is 590. The van der Waals surface area contributed by atoms with Crippen LogP contribution in [-0.2, 0) is 4.74 Å². The molecule has 2 rings (SSSR count). The summed E-state index contributed by atoms with van der Waals surface area (Å²) in [5.41, 5.74) is 2.16. The van der Waals surface area contributed by atoms with Crippen molar-refractivity contribution in [1.29, 1.82) is 5.26 Å². The van der Waals surface area contributed by atoms with E-state index in [-0.39, 0.29) is 0 Å². The first-order chi connectivity index (χ1) is 9.27. The van der Waals surface area contributed by atoms with Crippen LogP contribution in [0.4, 0.5) is 5.82 Å². The van der Waals surface area contributed by atoms with Gasteiger partial charge < -0.3 is 9.64 Å². The minimum atomic E-state index is 0.472. The highest BCUT2D eigenvalue weighted by Crippen LogP contribution is 2.30. The van der Waals surface area contributed by atoms with Crippen LogP contribution in [0.5, 0.6) is 0 Å². The summed E-state index contributed by atoms with van der Waals surface area (Å²) in [6.45, 7) is 4.04. The summed E-state index contributed by atoms with van der Waals surface area (Å²) in [7, 11) is 1.67. The minimum absolute atomic E-state index is 0.472. The Morgan fingerprint density at radius 3 is 3.00 bits per heavy atom. The normalized spacial score (nSPS) is 10.6. The van der Waals surface area contributed by atoms with Crippen LogP contribution in [0.2, 0.25) is 0 Å². The molecule has 5 nitrogen and oxygen atoms in total. The molecule has 0 unspecified atom stereocenters. The van der Waals surface area contributed by atoms with E-state index in [1.165, 1.54) is 0 Å². The van der Waals surface area contributed by atoms with E-state index < -0.39 is 0 Å². The molecule has 0 aliphatic heterocycles. The first kappa shape index (κ1) is 13.7. The zero-order valence-electron chi connectivity index (χ0n) is 11.1. The Balaban J connectivity index is 2.34. The lowest BCUT2D eigenvalue weighted by atomic mass is 10.3. The average Bonchev–Trinajstić information content (AvgIpc) is 2.81. The molecule has 19 heavy (non-hydrogen) atoms. The standard InChI is InChI=1S/C13H16N4OS/c1-10-8-19-12-11(10)15-9-16-13(12)17(5-3-4-14)6-7-18-2/h8-9H,3,5-7H2,1-2H3. The smallest absolute Gasteiger partial charge is 0.150 e. The van der Waals surface area contributed by atoms with Crippen molar-refractivity contribution in [2.45, 2.75) is 13.3 Å². The monoisotopic (exact) mass is 276 g/mol. The van der Waals surface area contributed by atoms with Crippen LogP contribution < -0.4 is 4.90 Å². The van der Waals surface area contributed by atoms with Crippen molar-refractivity contribution in [3.63, 3.8) is 0 Å². The number of methoxy groups -OCH3 is 1. The van der Waals surface area contributed by atoms with Gasteiger partial charge in [-0.15, -0.1) is 11.3 Å². The van der Waals surface area contributed by atoms with Gasteiger partial charge in [0, 0.05) is 20.2 Å². The van der Waals surface area contributed by atoms with Gasteiger partial charge in [-0.1, -0.05) is 0 Å². The highest BCUT2D eigenvalue weighted by molar-refractivity contribution is 7.18. The molecule has 0 spiro atoms. The fourth-order valence-electron chi connectivity index (χ4n) is 1.89. The molecule has 0 fully saturated rings. The Hall–Kier alpha value is -1.71. The zero-order valence-corrected chi connectivity index (χ0v) is 11.9. The molecule has 0 radical (unpaired) electrons. The fraction of sp³-hybridized carbons (Fsp3) is 0.462. The van der Waals surface area contributed by atoms with Crippen LogP contribution in [-0.4, -0.2) is 36.8 Å². The van der Waals surface area contributed by atoms with Gasteiger partial charge in [0.05, 0.1) is 29.3 Å². The molecule has 0 N–H and O–H groups in total. The summed E-state index contributed by atoms with van der Waals surface area (Å²) in [6.07, 6.45) is 2.06. The van der Waals surface area contributed by atoms with E-state index >= 15 is 0 Å². The van der Waals surface area contributed by atoms with Gasteiger partial charge in [0.15, 0.2) is 0 Å². The van der Waals surface area contributed by atoms with Crippen molar-refractivity contribution < 1.29 is 4.74 Å². The number of rotatable bonds is 6. The van der Waals surface area contributed by atoms with E-state index in [1.807, 2.05) is 6.92 Å². The van der Waals surface area contributed by atoms with Gasteiger partial charge in [-0.05, 0) is 17.9 Å². The van der Waals surface area contributed by atoms with E-state index in [2.05, 4.69) is 26.3 Å². The third kappa shape index (κ3) is 3.00. The maximum atomic E-state index is 8.77. The molecule has 0 aromatic carbocycles. The Labute approximate surface area is 116 Å². The molecule has 0 bridgehead atoms. The lowest BCUT2D eigenvalue weighted by Crippen LogP contribution is -2.29. The lowest BCUT2D eigenvalue weighted by Gasteiger charge is -2.22. The molecule has 0 aliphatic rings. The Kier molecular flexibility index (Phi) is 4.66. The van der Waals surface area contributed by atoms with Crippen LogP contribution >= 0.6 is 11.3 Å². The van der Waals surface area contributed by atoms with Gasteiger partial charge in [0.2, 0.25) is 0 Å². The molecule has 0 amide bonds. The van der Waals surface area contributed by atoms with Crippen molar-refractivity contribution in [3.8, 4) is 6.07 Å². The number of nitrogens with zero attached hydrogens (tertiary/aromatic N) is 4. The van der Waals surface area contributed by atoms with Crippen molar-refractivity contribution >= 4 is 27.4 Å². The summed E-state index contributed by atoms with van der Waals surface area (Å²) >= 11 is 1.65. The Morgan fingerprint density at radius 2 is 2.26 bits per heavy atom. The van der Waals surface area contributed by atoms with Crippen LogP contribution in [0.3, 0.4) is 0 Å². The number of hydrogen-bond donors (Lipinski definition) is 0. The van der Waals surface area contributed by atoms with Crippen molar-refractivity contribution in [2.24, 2.45) is 0 Å². The predicted molar refractivity (Wildman–Crippen MR) is 76.5 cm³/mol. The maximum absolute atomic E-state index is 8.77. The second-order valence-corrected chi connectivity index (χ2v) is 5.06. The largest absolute Gasteiger partial charge is 0.383 e. The molecule has 0 saturated carbocycles. The highest BCUT2D eigenvalue weighted by atomic mass is 32.1. The molecule has 0 atom stereocenters. The van der Waals surface area contributed by atoms with E-state index in [1.54, 1.807) is 24.8 Å². The van der Waals surface area contributed by atoms with E-state index in [4.69, 9.17) is 10.00 Å². The zero-order chi connectivity index (χ0) is 13.7. The third-order valence-corrected chi connectivity index (χ3v) is 3.95. The van der Waals surface area contributed by atoms with Crippen molar-refractivity contribution in [2.75, 3.05) is 31.7 Å². The molecule has 2 aromatic rings. The predicted octanol–water partition coefficient (Wildman–Crippen LogP) is 2.37. The molecule has 6 heteroatoms. The van der Waals surface area contributed by atoms with E-state index in [0.717, 1.165) is 28.1 Å². The fourth-order valence-corrected chi connectivity index (χ4v) is 2.91. The second-order valence-electron chi connectivity index (χ2n) is 4.18. The number of ether oxygens (including phenoxy) is 1. The number of fused-ring (bicyclic) bond motifs is 1. The first-order valence-corrected chi connectivity index (χ1v) is 6.95. The number of aromatic nitrogens is 2. The molecule has 0 aliphatic carbocycles. The van der Waals surface area contributed by atoms with Gasteiger partial charge in [0.25, 0.3) is 0 Å². The molecule has 2 heterocycles. The van der Waals surface area contributed by atoms with E-state index in [9.17, 15) is 0 Å². The van der Waals surface area contributed by atoms with Gasteiger partial charge >= 0.3 is 0 Å². The van der Waals surface area contributed by atoms with Crippen molar-refractivity contribution in [1.82, 2.24) is 9.97 Å². The summed E-state index contributed by atoms with van der Waals surface area (Å²) in [5.74, 6) is 0.899. The summed E-state index contributed by atoms with van der Waals surface area (Å²) in [4.78, 5) is 10.8. The average molecular weight is 276 g/mol. The molecule has 0 saturated heterocycles. The second kappa shape index (κ2) is 6.45. The molecule has 2 aromatic heterocycles. The number of aryl methyl sites for hydroxylation is 1. The van der Waals surface area contributed by atoms with Gasteiger partial charge in [-0.3, -0.25) is 0 Å². The number of nitriles is 1. The molecule has 100 valence electrons. The van der Waals surface area contributed by atoms with Gasteiger partial charge in [-0.25, -0.2) is 9.97 Å². The van der Waals surface area contributed by atoms with Crippen LogP contribution in [0.1, 0.15) is 12.0 Å². The summed E-state index contributed by atoms with van der Waals surface area (Å²) in [6, 6.07) is 2.18. The van der Waals surface area contributed by atoms with Gasteiger partial charge in [0.1, 0.15) is 12.1 Å². The molecular weight excluding hydrogens is 260 g/mol. The van der Waals surface area contributed by atoms with Gasteiger partial charge in [-0.2, -0.15) is 5.26 Å².